The van der Waals surface area contributed by atoms with Gasteiger partial charge in [-0.3, -0.25) is 14.5 Å². The third-order valence-corrected chi connectivity index (χ3v) is 4.90. The third-order valence-electron chi connectivity index (χ3n) is 4.90. The molecular weight excluding hydrogens is 424 g/mol. The van der Waals surface area contributed by atoms with Crippen molar-refractivity contribution >= 4 is 17.8 Å². The van der Waals surface area contributed by atoms with Crippen LogP contribution in [0.4, 0.5) is 13.6 Å². The highest BCUT2D eigenvalue weighted by atomic mass is 19.2. The van der Waals surface area contributed by atoms with Crippen LogP contribution < -0.4 is 20.1 Å². The van der Waals surface area contributed by atoms with Gasteiger partial charge in [0, 0.05) is 0 Å². The SMILES string of the molecule is CCOc1ccc(OCCNC(=O)CN2C(=O)N[C@](C)(c3ccc(F)c(F)c3)C2=O)cc1. The van der Waals surface area contributed by atoms with Gasteiger partial charge in [0.15, 0.2) is 11.6 Å². The van der Waals surface area contributed by atoms with E-state index < -0.39 is 41.6 Å². The molecule has 2 aromatic carbocycles. The van der Waals surface area contributed by atoms with Gasteiger partial charge in [0.2, 0.25) is 5.91 Å². The normalized spacial score (nSPS) is 17.8. The third kappa shape index (κ3) is 4.96. The number of carbonyl (C=O) groups excluding carboxylic acids is 3. The highest BCUT2D eigenvalue weighted by Gasteiger charge is 2.49. The maximum Gasteiger partial charge on any atom is 0.325 e. The van der Waals surface area contributed by atoms with Crippen molar-refractivity contribution in [3.05, 3.63) is 59.7 Å². The molecule has 0 aromatic heterocycles. The summed E-state index contributed by atoms with van der Waals surface area (Å²) in [5.41, 5.74) is -1.54. The topological polar surface area (TPSA) is 97.0 Å². The minimum absolute atomic E-state index is 0.0708. The Labute approximate surface area is 183 Å². The van der Waals surface area contributed by atoms with Gasteiger partial charge < -0.3 is 20.1 Å². The number of amides is 4. The molecule has 10 heteroatoms. The molecule has 1 aliphatic heterocycles. The summed E-state index contributed by atoms with van der Waals surface area (Å²) in [4.78, 5) is 38.0. The Bertz CT molecular complexity index is 1020. The van der Waals surface area contributed by atoms with Crippen LogP contribution in [0.5, 0.6) is 11.5 Å². The highest BCUT2D eigenvalue weighted by Crippen LogP contribution is 2.29. The quantitative estimate of drug-likeness (QED) is 0.454. The number of hydrogen-bond acceptors (Lipinski definition) is 5. The number of halogens is 2. The molecule has 2 N–H and O–H groups in total. The summed E-state index contributed by atoms with van der Waals surface area (Å²) >= 11 is 0. The van der Waals surface area contributed by atoms with Crippen LogP contribution in [0.15, 0.2) is 42.5 Å². The van der Waals surface area contributed by atoms with Gasteiger partial charge in [0.25, 0.3) is 5.91 Å². The predicted octanol–water partition coefficient (Wildman–Crippen LogP) is 2.33. The van der Waals surface area contributed by atoms with E-state index in [1.165, 1.54) is 13.0 Å². The second-order valence-corrected chi connectivity index (χ2v) is 7.18. The molecule has 8 nitrogen and oxygen atoms in total. The first-order valence-corrected chi connectivity index (χ1v) is 9.96. The fourth-order valence-corrected chi connectivity index (χ4v) is 3.20. The van der Waals surface area contributed by atoms with Crippen molar-refractivity contribution in [2.45, 2.75) is 19.4 Å². The van der Waals surface area contributed by atoms with E-state index in [-0.39, 0.29) is 18.7 Å². The zero-order chi connectivity index (χ0) is 23.3. The van der Waals surface area contributed by atoms with Gasteiger partial charge in [-0.15, -0.1) is 0 Å². The maximum atomic E-state index is 13.6. The van der Waals surface area contributed by atoms with Crippen LogP contribution in [0.1, 0.15) is 19.4 Å². The molecule has 0 unspecified atom stereocenters. The number of carbonyl (C=O) groups is 3. The largest absolute Gasteiger partial charge is 0.494 e. The number of hydrogen-bond donors (Lipinski definition) is 2. The van der Waals surface area contributed by atoms with E-state index in [4.69, 9.17) is 9.47 Å². The molecule has 1 aliphatic rings. The summed E-state index contributed by atoms with van der Waals surface area (Å²) in [5.74, 6) is -2.21. The molecule has 4 amide bonds. The van der Waals surface area contributed by atoms with E-state index >= 15 is 0 Å². The predicted molar refractivity (Wildman–Crippen MR) is 110 cm³/mol. The van der Waals surface area contributed by atoms with Crippen molar-refractivity contribution in [1.29, 1.82) is 0 Å². The first-order chi connectivity index (χ1) is 15.2. The minimum atomic E-state index is -1.61. The van der Waals surface area contributed by atoms with Crippen molar-refractivity contribution in [2.24, 2.45) is 0 Å². The van der Waals surface area contributed by atoms with Crippen molar-refractivity contribution in [2.75, 3.05) is 26.3 Å². The second kappa shape index (κ2) is 9.63. The number of rotatable bonds is 9. The van der Waals surface area contributed by atoms with Crippen molar-refractivity contribution in [1.82, 2.24) is 15.5 Å². The molecule has 3 rings (SSSR count). The summed E-state index contributed by atoms with van der Waals surface area (Å²) < 4.78 is 37.7. The summed E-state index contributed by atoms with van der Waals surface area (Å²) in [6.07, 6.45) is 0. The van der Waals surface area contributed by atoms with Crippen LogP contribution in [-0.4, -0.2) is 49.0 Å². The molecule has 1 heterocycles. The molecule has 0 radical (unpaired) electrons. The Morgan fingerprint density at radius 3 is 2.34 bits per heavy atom. The Morgan fingerprint density at radius 1 is 1.06 bits per heavy atom. The van der Waals surface area contributed by atoms with E-state index in [9.17, 15) is 23.2 Å². The summed E-state index contributed by atoms with van der Waals surface area (Å²) in [7, 11) is 0. The molecule has 2 aromatic rings. The first-order valence-electron chi connectivity index (χ1n) is 9.96. The monoisotopic (exact) mass is 447 g/mol. The number of ether oxygens (including phenoxy) is 2. The van der Waals surface area contributed by atoms with E-state index in [0.29, 0.717) is 12.4 Å². The van der Waals surface area contributed by atoms with Gasteiger partial charge in [0.05, 0.1) is 13.2 Å². The van der Waals surface area contributed by atoms with Gasteiger partial charge in [-0.05, 0) is 55.8 Å². The molecule has 0 saturated carbocycles. The second-order valence-electron chi connectivity index (χ2n) is 7.18. The van der Waals surface area contributed by atoms with Crippen LogP contribution in [0.2, 0.25) is 0 Å². The zero-order valence-electron chi connectivity index (χ0n) is 17.6. The number of imide groups is 1. The maximum absolute atomic E-state index is 13.6. The summed E-state index contributed by atoms with van der Waals surface area (Å²) in [6.45, 7) is 3.61. The first kappa shape index (κ1) is 23.0. The average Bonchev–Trinajstić information content (AvgIpc) is 2.98. The van der Waals surface area contributed by atoms with E-state index in [2.05, 4.69) is 10.6 Å². The average molecular weight is 447 g/mol. The van der Waals surface area contributed by atoms with Crippen molar-refractivity contribution in [3.63, 3.8) is 0 Å². The fraction of sp³-hybridized carbons (Fsp3) is 0.318. The summed E-state index contributed by atoms with van der Waals surface area (Å²) in [5, 5.41) is 5.00. The number of nitrogens with one attached hydrogen (secondary N) is 2. The molecule has 1 fully saturated rings. The van der Waals surface area contributed by atoms with Crippen molar-refractivity contribution < 1.29 is 32.6 Å². The van der Waals surface area contributed by atoms with Gasteiger partial charge in [0.1, 0.15) is 30.2 Å². The molecule has 1 atom stereocenters. The number of nitrogens with zero attached hydrogens (tertiary/aromatic N) is 1. The Hall–Kier alpha value is -3.69. The number of urea groups is 1. The molecule has 0 bridgehead atoms. The molecule has 32 heavy (non-hydrogen) atoms. The smallest absolute Gasteiger partial charge is 0.325 e. The fourth-order valence-electron chi connectivity index (χ4n) is 3.20. The standard InChI is InChI=1S/C22H23F2N3O5/c1-3-31-15-5-7-16(8-6-15)32-11-10-25-19(28)13-27-20(29)22(2,26-21(27)30)14-4-9-17(23)18(24)12-14/h4-9,12H,3,10-11,13H2,1-2H3,(H,25,28)(H,26,30)/t22-/m1/s1. The molecular formula is C22H23F2N3O5. The van der Waals surface area contributed by atoms with Crippen molar-refractivity contribution in [3.8, 4) is 11.5 Å². The van der Waals surface area contributed by atoms with Crippen LogP contribution in [0.25, 0.3) is 0 Å². The Kier molecular flexibility index (Phi) is 6.92. The molecule has 0 spiro atoms. The molecule has 1 saturated heterocycles. The van der Waals surface area contributed by atoms with E-state index in [0.717, 1.165) is 22.8 Å². The van der Waals surface area contributed by atoms with Crippen LogP contribution in [0.3, 0.4) is 0 Å². The van der Waals surface area contributed by atoms with Gasteiger partial charge >= 0.3 is 6.03 Å². The van der Waals surface area contributed by atoms with Gasteiger partial charge in [-0.1, -0.05) is 6.07 Å². The summed E-state index contributed by atoms with van der Waals surface area (Å²) in [6, 6.07) is 9.11. The lowest BCUT2D eigenvalue weighted by Gasteiger charge is -2.22. The minimum Gasteiger partial charge on any atom is -0.494 e. The Morgan fingerprint density at radius 2 is 1.72 bits per heavy atom. The number of benzene rings is 2. The van der Waals surface area contributed by atoms with Gasteiger partial charge in [-0.2, -0.15) is 0 Å². The molecule has 0 aliphatic carbocycles. The lowest BCUT2D eigenvalue weighted by atomic mass is 9.92. The van der Waals surface area contributed by atoms with Crippen LogP contribution >= 0.6 is 0 Å². The van der Waals surface area contributed by atoms with Gasteiger partial charge in [-0.25, -0.2) is 13.6 Å². The van der Waals surface area contributed by atoms with E-state index in [1.54, 1.807) is 24.3 Å². The lowest BCUT2D eigenvalue weighted by Crippen LogP contribution is -2.43. The Balaban J connectivity index is 1.50. The lowest BCUT2D eigenvalue weighted by molar-refractivity contribution is -0.134. The van der Waals surface area contributed by atoms with E-state index in [1.807, 2.05) is 6.92 Å². The van der Waals surface area contributed by atoms with Crippen LogP contribution in [0, 0.1) is 11.6 Å². The molecule has 170 valence electrons. The van der Waals surface area contributed by atoms with Crippen LogP contribution in [-0.2, 0) is 15.1 Å². The zero-order valence-corrected chi connectivity index (χ0v) is 17.6. The highest BCUT2D eigenvalue weighted by molar-refractivity contribution is 6.09.